The molecule has 0 aliphatic carbocycles. The first-order chi connectivity index (χ1) is 11.1. The fraction of sp³-hybridized carbons (Fsp3) is 0.0588. The molecule has 0 bridgehead atoms. The van der Waals surface area contributed by atoms with Gasteiger partial charge in [0.1, 0.15) is 5.39 Å². The molecule has 0 radical (unpaired) electrons. The van der Waals surface area contributed by atoms with E-state index >= 15 is 0 Å². The number of nitro benzene ring substituents is 1. The van der Waals surface area contributed by atoms with Crippen molar-refractivity contribution in [3.05, 3.63) is 81.1 Å². The fourth-order valence-corrected chi connectivity index (χ4v) is 2.90. The maximum absolute atomic E-state index is 12.3. The van der Waals surface area contributed by atoms with Gasteiger partial charge in [0.05, 0.1) is 4.92 Å². The molecule has 0 amide bonds. The monoisotopic (exact) mass is 450 g/mol. The lowest BCUT2D eigenvalue weighted by atomic mass is 10.1. The Kier molecular flexibility index (Phi) is 5.80. The summed E-state index contributed by atoms with van der Waals surface area (Å²) in [4.78, 5) is 23.0. The molecule has 0 saturated heterocycles. The van der Waals surface area contributed by atoms with Crippen LogP contribution in [0.1, 0.15) is 10.4 Å². The smallest absolute Gasteiger partial charge is 0.283 e. The van der Waals surface area contributed by atoms with Crippen LogP contribution < -0.4 is 21.5 Å². The van der Waals surface area contributed by atoms with E-state index in [1.54, 1.807) is 53.4 Å². The minimum absolute atomic E-state index is 0. The molecular weight excluding hydrogens is 440 g/mol. The zero-order chi connectivity index (χ0) is 16.4. The van der Waals surface area contributed by atoms with Crippen LogP contribution >= 0.6 is 15.9 Å². The van der Waals surface area contributed by atoms with Crippen molar-refractivity contribution in [1.29, 1.82) is 0 Å². The fourth-order valence-electron chi connectivity index (χ4n) is 2.42. The maximum atomic E-state index is 12.3. The number of carbonyl (C=O) groups excluding carboxylic acids is 1. The summed E-state index contributed by atoms with van der Waals surface area (Å²) < 4.78 is 2.44. The van der Waals surface area contributed by atoms with Gasteiger partial charge in [0, 0.05) is 27.6 Å². The highest BCUT2D eigenvalue weighted by molar-refractivity contribution is 9.10. The zero-order valence-corrected chi connectivity index (χ0v) is 15.5. The Morgan fingerprint density at radius 2 is 1.79 bits per heavy atom. The number of halogens is 2. The molecule has 0 aliphatic heterocycles. The van der Waals surface area contributed by atoms with E-state index in [0.717, 1.165) is 9.86 Å². The quantitative estimate of drug-likeness (QED) is 0.253. The molecule has 0 fully saturated rings. The van der Waals surface area contributed by atoms with Crippen molar-refractivity contribution in [3.8, 4) is 0 Å². The van der Waals surface area contributed by atoms with Crippen molar-refractivity contribution in [2.75, 3.05) is 0 Å². The Hall–Kier alpha value is -2.12. The van der Waals surface area contributed by atoms with Crippen LogP contribution in [0.2, 0.25) is 0 Å². The Morgan fingerprint density at radius 1 is 1.08 bits per heavy atom. The molecule has 0 aliphatic rings. The molecule has 5 nitrogen and oxygen atoms in total. The first kappa shape index (κ1) is 18.2. The maximum Gasteiger partial charge on any atom is 0.283 e. The standard InChI is InChI=1S/C17H12BrN2O3.BrH/c18-15-6-7-16(20(22)23)14-10-19(9-8-13(14)15)11-17(21)12-4-2-1-3-5-12;/h1-10H,11H2;1H/q+1;/p-1. The Balaban J connectivity index is 0.00000208. The van der Waals surface area contributed by atoms with Crippen molar-refractivity contribution in [2.24, 2.45) is 0 Å². The van der Waals surface area contributed by atoms with Crippen LogP contribution in [-0.4, -0.2) is 10.7 Å². The molecule has 0 spiro atoms. The topological polar surface area (TPSA) is 64.1 Å². The van der Waals surface area contributed by atoms with Crippen molar-refractivity contribution in [1.82, 2.24) is 0 Å². The lowest BCUT2D eigenvalue weighted by Crippen LogP contribution is -3.00. The third kappa shape index (κ3) is 3.68. The third-order valence-corrected chi connectivity index (χ3v) is 4.25. The molecule has 2 aromatic carbocycles. The van der Waals surface area contributed by atoms with Crippen LogP contribution in [0.4, 0.5) is 5.69 Å². The highest BCUT2D eigenvalue weighted by Crippen LogP contribution is 2.30. The van der Waals surface area contributed by atoms with Gasteiger partial charge in [-0.05, 0) is 6.07 Å². The van der Waals surface area contributed by atoms with E-state index in [1.807, 2.05) is 6.07 Å². The summed E-state index contributed by atoms with van der Waals surface area (Å²) in [6.07, 6.45) is 3.39. The summed E-state index contributed by atoms with van der Waals surface area (Å²) in [5.74, 6) is -0.0485. The number of ketones is 1. The molecule has 0 N–H and O–H groups in total. The number of fused-ring (bicyclic) bond motifs is 1. The summed E-state index contributed by atoms with van der Waals surface area (Å²) >= 11 is 3.39. The summed E-state index contributed by atoms with van der Waals surface area (Å²) in [5, 5.41) is 12.4. The Morgan fingerprint density at radius 3 is 2.46 bits per heavy atom. The van der Waals surface area contributed by atoms with Gasteiger partial charge in [0.2, 0.25) is 12.3 Å². The molecule has 1 aromatic heterocycles. The van der Waals surface area contributed by atoms with Gasteiger partial charge in [-0.25, -0.2) is 0 Å². The number of benzene rings is 2. The third-order valence-electron chi connectivity index (χ3n) is 3.56. The molecule has 1 heterocycles. The van der Waals surface area contributed by atoms with E-state index in [1.165, 1.54) is 6.07 Å². The number of hydrogen-bond acceptors (Lipinski definition) is 3. The van der Waals surface area contributed by atoms with Gasteiger partial charge >= 0.3 is 0 Å². The molecule has 0 unspecified atom stereocenters. The van der Waals surface area contributed by atoms with Crippen molar-refractivity contribution >= 4 is 38.2 Å². The largest absolute Gasteiger partial charge is 1.00 e. The molecule has 7 heteroatoms. The van der Waals surface area contributed by atoms with Gasteiger partial charge in [-0.2, -0.15) is 4.57 Å². The predicted molar refractivity (Wildman–Crippen MR) is 89.3 cm³/mol. The van der Waals surface area contributed by atoms with Crippen LogP contribution in [0.15, 0.2) is 65.4 Å². The molecule has 122 valence electrons. The number of pyridine rings is 1. The average molecular weight is 452 g/mol. The van der Waals surface area contributed by atoms with Crippen molar-refractivity contribution in [2.45, 2.75) is 6.54 Å². The van der Waals surface area contributed by atoms with E-state index in [0.29, 0.717) is 10.9 Å². The highest BCUT2D eigenvalue weighted by atomic mass is 79.9. The van der Waals surface area contributed by atoms with E-state index in [2.05, 4.69) is 15.9 Å². The number of nitrogens with zero attached hydrogens (tertiary/aromatic N) is 2. The number of nitro groups is 1. The van der Waals surface area contributed by atoms with Gasteiger partial charge in [-0.15, -0.1) is 0 Å². The second kappa shape index (κ2) is 7.63. The number of Topliss-reactive ketones (excluding diaryl/α,β-unsaturated/α-hetero) is 1. The van der Waals surface area contributed by atoms with Gasteiger partial charge in [0.25, 0.3) is 5.69 Å². The van der Waals surface area contributed by atoms with Gasteiger partial charge in [-0.3, -0.25) is 14.9 Å². The summed E-state index contributed by atoms with van der Waals surface area (Å²) in [6, 6.07) is 13.8. The number of carbonyl (C=O) groups is 1. The lowest BCUT2D eigenvalue weighted by molar-refractivity contribution is -0.681. The molecule has 3 aromatic rings. The number of non-ortho nitro benzene ring substituents is 1. The van der Waals surface area contributed by atoms with E-state index < -0.39 is 4.92 Å². The second-order valence-electron chi connectivity index (χ2n) is 5.06. The van der Waals surface area contributed by atoms with Gasteiger partial charge in [0.15, 0.2) is 12.4 Å². The predicted octanol–water partition coefficient (Wildman–Crippen LogP) is 0.685. The average Bonchev–Trinajstić information content (AvgIpc) is 2.55. The number of hydrogen-bond donors (Lipinski definition) is 0. The van der Waals surface area contributed by atoms with Crippen LogP contribution in [-0.2, 0) is 6.54 Å². The molecule has 3 rings (SSSR count). The highest BCUT2D eigenvalue weighted by Gasteiger charge is 2.19. The van der Waals surface area contributed by atoms with E-state index in [9.17, 15) is 14.9 Å². The molecular formula is C17H12Br2N2O3. The summed E-state index contributed by atoms with van der Waals surface area (Å²) in [7, 11) is 0. The normalized spacial score (nSPS) is 10.2. The minimum Gasteiger partial charge on any atom is -1.00 e. The lowest BCUT2D eigenvalue weighted by Gasteiger charge is -2.02. The Bertz CT molecular complexity index is 914. The SMILES string of the molecule is O=C(C[n+]1ccc2c(Br)ccc([N+](=O)[O-])c2c1)c1ccccc1.[Br-]. The first-order valence-electron chi connectivity index (χ1n) is 6.90. The van der Waals surface area contributed by atoms with Crippen LogP contribution in [0.5, 0.6) is 0 Å². The van der Waals surface area contributed by atoms with Crippen molar-refractivity contribution < 1.29 is 31.3 Å². The van der Waals surface area contributed by atoms with Crippen LogP contribution in [0, 0.1) is 10.1 Å². The van der Waals surface area contributed by atoms with Crippen molar-refractivity contribution in [3.63, 3.8) is 0 Å². The van der Waals surface area contributed by atoms with Gasteiger partial charge < -0.3 is 17.0 Å². The number of aromatic nitrogens is 1. The van der Waals surface area contributed by atoms with E-state index in [-0.39, 0.29) is 35.0 Å². The van der Waals surface area contributed by atoms with Crippen LogP contribution in [0.3, 0.4) is 0 Å². The summed E-state index contributed by atoms with van der Waals surface area (Å²) in [5.41, 5.74) is 0.633. The number of rotatable bonds is 4. The second-order valence-corrected chi connectivity index (χ2v) is 5.91. The van der Waals surface area contributed by atoms with Crippen LogP contribution in [0.25, 0.3) is 10.8 Å². The van der Waals surface area contributed by atoms with E-state index in [4.69, 9.17) is 0 Å². The molecule has 0 saturated carbocycles. The Labute approximate surface area is 157 Å². The minimum atomic E-state index is -0.419. The first-order valence-corrected chi connectivity index (χ1v) is 7.69. The van der Waals surface area contributed by atoms with Gasteiger partial charge in [-0.1, -0.05) is 46.3 Å². The molecule has 24 heavy (non-hydrogen) atoms. The molecule has 0 atom stereocenters. The zero-order valence-electron chi connectivity index (χ0n) is 12.4. The summed E-state index contributed by atoms with van der Waals surface area (Å²) in [6.45, 7) is 0.129.